The highest BCUT2D eigenvalue weighted by Gasteiger charge is 2.43. The predicted molar refractivity (Wildman–Crippen MR) is 113 cm³/mol. The highest BCUT2D eigenvalue weighted by Crippen LogP contribution is 2.30. The number of aryl methyl sites for hydroxylation is 2. The largest absolute Gasteiger partial charge is 0.341 e. The van der Waals surface area contributed by atoms with Crippen LogP contribution in [0.25, 0.3) is 6.08 Å². The number of rotatable bonds is 3. The molecule has 4 rings (SSSR count). The van der Waals surface area contributed by atoms with Gasteiger partial charge in [0.15, 0.2) is 0 Å². The maximum absolute atomic E-state index is 13.1. The second-order valence-electron chi connectivity index (χ2n) is 8.41. The van der Waals surface area contributed by atoms with Gasteiger partial charge in [-0.2, -0.15) is 0 Å². The Kier molecular flexibility index (Phi) is 5.07. The summed E-state index contributed by atoms with van der Waals surface area (Å²) in [4.78, 5) is 19.5. The van der Waals surface area contributed by atoms with E-state index in [0.717, 1.165) is 37.2 Å². The lowest BCUT2D eigenvalue weighted by Gasteiger charge is -2.36. The Bertz CT molecular complexity index is 865. The van der Waals surface area contributed by atoms with Gasteiger partial charge in [-0.15, -0.1) is 0 Å². The number of nitrogens with zero attached hydrogens (tertiary/aromatic N) is 2. The number of carbonyl (C=O) groups is 1. The maximum atomic E-state index is 13.1. The van der Waals surface area contributed by atoms with Gasteiger partial charge < -0.3 is 10.6 Å². The van der Waals surface area contributed by atoms with Crippen LogP contribution in [-0.4, -0.2) is 34.4 Å². The second kappa shape index (κ2) is 7.51. The molecule has 1 aromatic heterocycles. The molecule has 1 saturated heterocycles. The summed E-state index contributed by atoms with van der Waals surface area (Å²) in [5.74, 6) is 0.599. The van der Waals surface area contributed by atoms with Crippen molar-refractivity contribution in [1.29, 1.82) is 0 Å². The van der Waals surface area contributed by atoms with Crippen molar-refractivity contribution in [2.45, 2.75) is 45.1 Å². The van der Waals surface area contributed by atoms with E-state index in [-0.39, 0.29) is 5.91 Å². The van der Waals surface area contributed by atoms with Crippen LogP contribution < -0.4 is 5.73 Å². The van der Waals surface area contributed by atoms with Gasteiger partial charge in [0.2, 0.25) is 5.91 Å². The summed E-state index contributed by atoms with van der Waals surface area (Å²) in [6, 6.07) is 10.4. The van der Waals surface area contributed by atoms with Crippen molar-refractivity contribution in [3.8, 4) is 0 Å². The zero-order chi connectivity index (χ0) is 19.7. The summed E-state index contributed by atoms with van der Waals surface area (Å²) in [5, 5.41) is 0. The van der Waals surface area contributed by atoms with E-state index in [1.807, 2.05) is 17.0 Å². The van der Waals surface area contributed by atoms with Crippen LogP contribution in [0, 0.1) is 19.8 Å². The number of piperidine rings is 1. The third-order valence-electron chi connectivity index (χ3n) is 6.30. The summed E-state index contributed by atoms with van der Waals surface area (Å²) in [5.41, 5.74) is 11.7. The van der Waals surface area contributed by atoms with Crippen molar-refractivity contribution in [3.63, 3.8) is 0 Å². The Morgan fingerprint density at radius 3 is 2.54 bits per heavy atom. The maximum Gasteiger partial charge on any atom is 0.243 e. The molecule has 0 saturated carbocycles. The van der Waals surface area contributed by atoms with E-state index in [1.165, 1.54) is 16.7 Å². The van der Waals surface area contributed by atoms with Crippen LogP contribution in [0.15, 0.2) is 42.6 Å². The molecule has 0 radical (unpaired) electrons. The number of hydrogen-bond acceptors (Lipinski definition) is 3. The van der Waals surface area contributed by atoms with Crippen LogP contribution in [-0.2, 0) is 17.6 Å². The molecule has 2 N–H and O–H groups in total. The Hall–Kier alpha value is -2.46. The lowest BCUT2D eigenvalue weighted by molar-refractivity contribution is -0.138. The predicted octanol–water partition coefficient (Wildman–Crippen LogP) is 3.45. The number of amides is 1. The van der Waals surface area contributed by atoms with Crippen LogP contribution in [0.2, 0.25) is 0 Å². The number of allylic oxidation sites excluding steroid dienone is 1. The van der Waals surface area contributed by atoms with E-state index >= 15 is 0 Å². The fourth-order valence-electron chi connectivity index (χ4n) is 4.58. The minimum Gasteiger partial charge on any atom is -0.341 e. The molecule has 1 aromatic carbocycles. The summed E-state index contributed by atoms with van der Waals surface area (Å²) in [6.07, 6.45) is 9.50. The summed E-state index contributed by atoms with van der Waals surface area (Å²) in [7, 11) is 0. The number of likely N-dealkylation sites (tertiary alicyclic amines) is 1. The SMILES string of the molecule is Cc1cccc(C)c1/C=C/C1CCN(C(=O)C2(N)Cc3cccnc3C2)CC1. The topological polar surface area (TPSA) is 59.2 Å². The molecule has 4 nitrogen and oxygen atoms in total. The van der Waals surface area contributed by atoms with Crippen molar-refractivity contribution in [2.24, 2.45) is 11.7 Å². The first-order chi connectivity index (χ1) is 13.5. The van der Waals surface area contributed by atoms with Crippen molar-refractivity contribution in [2.75, 3.05) is 13.1 Å². The first-order valence-corrected chi connectivity index (χ1v) is 10.2. The first kappa shape index (κ1) is 18.9. The van der Waals surface area contributed by atoms with Gasteiger partial charge in [-0.3, -0.25) is 9.78 Å². The summed E-state index contributed by atoms with van der Waals surface area (Å²) >= 11 is 0. The number of carbonyl (C=O) groups excluding carboxylic acids is 1. The second-order valence-corrected chi connectivity index (χ2v) is 8.41. The van der Waals surface area contributed by atoms with Gasteiger partial charge in [-0.05, 0) is 60.9 Å². The molecule has 2 heterocycles. The van der Waals surface area contributed by atoms with E-state index in [1.54, 1.807) is 6.20 Å². The van der Waals surface area contributed by atoms with Gasteiger partial charge in [0.05, 0.1) is 0 Å². The molecule has 1 aliphatic carbocycles. The van der Waals surface area contributed by atoms with Gasteiger partial charge in [0, 0.05) is 37.8 Å². The highest BCUT2D eigenvalue weighted by atomic mass is 16.2. The summed E-state index contributed by atoms with van der Waals surface area (Å²) in [6.45, 7) is 5.87. The number of aromatic nitrogens is 1. The van der Waals surface area contributed by atoms with Gasteiger partial charge >= 0.3 is 0 Å². The monoisotopic (exact) mass is 375 g/mol. The molecule has 2 aromatic rings. The minimum atomic E-state index is -0.822. The normalized spacial score (nSPS) is 22.6. The molecule has 28 heavy (non-hydrogen) atoms. The van der Waals surface area contributed by atoms with E-state index < -0.39 is 5.54 Å². The third-order valence-corrected chi connectivity index (χ3v) is 6.30. The van der Waals surface area contributed by atoms with Crippen LogP contribution in [0.5, 0.6) is 0 Å². The van der Waals surface area contributed by atoms with Crippen LogP contribution in [0.3, 0.4) is 0 Å². The average Bonchev–Trinajstić information content (AvgIpc) is 3.05. The Balaban J connectivity index is 1.37. The fraction of sp³-hybridized carbons (Fsp3) is 0.417. The van der Waals surface area contributed by atoms with E-state index in [4.69, 9.17) is 5.73 Å². The number of nitrogens with two attached hydrogens (primary N) is 1. The van der Waals surface area contributed by atoms with E-state index in [9.17, 15) is 4.79 Å². The third kappa shape index (κ3) is 3.61. The molecule has 0 bridgehead atoms. The molecular weight excluding hydrogens is 346 g/mol. The fourth-order valence-corrected chi connectivity index (χ4v) is 4.58. The van der Waals surface area contributed by atoms with Gasteiger partial charge in [0.25, 0.3) is 0 Å². The Morgan fingerprint density at radius 1 is 1.14 bits per heavy atom. The molecule has 1 fully saturated rings. The molecule has 2 aliphatic rings. The average molecular weight is 376 g/mol. The molecule has 1 unspecified atom stereocenters. The highest BCUT2D eigenvalue weighted by molar-refractivity contribution is 5.88. The van der Waals surface area contributed by atoms with E-state index in [2.05, 4.69) is 49.2 Å². The molecule has 1 amide bonds. The number of pyridine rings is 1. The van der Waals surface area contributed by atoms with Crippen molar-refractivity contribution in [1.82, 2.24) is 9.88 Å². The van der Waals surface area contributed by atoms with E-state index in [0.29, 0.717) is 18.8 Å². The molecule has 0 spiro atoms. The zero-order valence-corrected chi connectivity index (χ0v) is 16.8. The van der Waals surface area contributed by atoms with Crippen LogP contribution in [0.1, 0.15) is 40.8 Å². The van der Waals surface area contributed by atoms with Gasteiger partial charge in [-0.25, -0.2) is 0 Å². The number of benzene rings is 1. The molecule has 1 aliphatic heterocycles. The summed E-state index contributed by atoms with van der Waals surface area (Å²) < 4.78 is 0. The standard InChI is InChI=1S/C24H29N3O/c1-17-5-3-6-18(2)21(17)9-8-19-10-13-27(14-11-19)23(28)24(25)15-20-7-4-12-26-22(20)16-24/h3-9,12,19H,10-11,13-16,25H2,1-2H3/b9-8+. The number of hydrogen-bond donors (Lipinski definition) is 1. The Labute approximate surface area is 167 Å². The first-order valence-electron chi connectivity index (χ1n) is 10.2. The van der Waals surface area contributed by atoms with Gasteiger partial charge in [0.1, 0.15) is 5.54 Å². The van der Waals surface area contributed by atoms with Crippen molar-refractivity contribution < 1.29 is 4.79 Å². The van der Waals surface area contributed by atoms with Crippen molar-refractivity contribution >= 4 is 12.0 Å². The smallest absolute Gasteiger partial charge is 0.243 e. The van der Waals surface area contributed by atoms with Crippen LogP contribution >= 0.6 is 0 Å². The zero-order valence-electron chi connectivity index (χ0n) is 16.8. The molecular formula is C24H29N3O. The molecule has 146 valence electrons. The van der Waals surface area contributed by atoms with Crippen LogP contribution in [0.4, 0.5) is 0 Å². The molecule has 4 heteroatoms. The minimum absolute atomic E-state index is 0.0858. The van der Waals surface area contributed by atoms with Crippen molar-refractivity contribution in [3.05, 3.63) is 70.6 Å². The lowest BCUT2D eigenvalue weighted by atomic mass is 9.91. The molecule has 1 atom stereocenters. The Morgan fingerprint density at radius 2 is 1.86 bits per heavy atom. The van der Waals surface area contributed by atoms with Gasteiger partial charge in [-0.1, -0.05) is 36.4 Å². The quantitative estimate of drug-likeness (QED) is 0.894. The lowest BCUT2D eigenvalue weighted by Crippen LogP contribution is -2.57. The number of fused-ring (bicyclic) bond motifs is 1.